The summed E-state index contributed by atoms with van der Waals surface area (Å²) in [7, 11) is 1.69. The summed E-state index contributed by atoms with van der Waals surface area (Å²) in [5, 5.41) is 3.46. The van der Waals surface area contributed by atoms with Crippen molar-refractivity contribution in [3.8, 4) is 5.75 Å². The first-order valence-electron chi connectivity index (χ1n) is 6.87. The van der Waals surface area contributed by atoms with Crippen molar-refractivity contribution >= 4 is 6.08 Å². The van der Waals surface area contributed by atoms with Crippen molar-refractivity contribution < 1.29 is 4.74 Å². The van der Waals surface area contributed by atoms with E-state index in [4.69, 9.17) is 4.74 Å². The number of rotatable bonds is 7. The van der Waals surface area contributed by atoms with Gasteiger partial charge < -0.3 is 10.1 Å². The largest absolute Gasteiger partial charge is 0.497 e. The van der Waals surface area contributed by atoms with Crippen molar-refractivity contribution in [3.05, 3.63) is 71.8 Å². The van der Waals surface area contributed by atoms with Crippen molar-refractivity contribution in [1.29, 1.82) is 0 Å². The summed E-state index contributed by atoms with van der Waals surface area (Å²) in [5.74, 6) is 0.898. The highest BCUT2D eigenvalue weighted by molar-refractivity contribution is 5.47. The summed E-state index contributed by atoms with van der Waals surface area (Å²) < 4.78 is 5.15. The molecule has 0 fully saturated rings. The minimum Gasteiger partial charge on any atom is -0.497 e. The van der Waals surface area contributed by atoms with Gasteiger partial charge in [0, 0.05) is 6.54 Å². The summed E-state index contributed by atoms with van der Waals surface area (Å²) >= 11 is 0. The second-order valence-corrected chi connectivity index (χ2v) is 4.72. The lowest BCUT2D eigenvalue weighted by Crippen LogP contribution is -2.16. The van der Waals surface area contributed by atoms with E-state index in [1.807, 2.05) is 18.2 Å². The topological polar surface area (TPSA) is 21.3 Å². The molecular weight excluding hydrogens is 246 g/mol. The average molecular weight is 267 g/mol. The number of hydrogen-bond donors (Lipinski definition) is 1. The minimum atomic E-state index is 0.880. The fourth-order valence-corrected chi connectivity index (χ4v) is 2.08. The Kier molecular flexibility index (Phi) is 5.39. The SMILES string of the molecule is C=Cc1cccc(CCNCc2ccc(OC)cc2)c1. The van der Waals surface area contributed by atoms with Gasteiger partial charge in [-0.05, 0) is 41.8 Å². The molecule has 2 nitrogen and oxygen atoms in total. The van der Waals surface area contributed by atoms with Crippen LogP contribution >= 0.6 is 0 Å². The molecule has 2 aromatic rings. The van der Waals surface area contributed by atoms with Crippen LogP contribution in [0.25, 0.3) is 6.08 Å². The maximum Gasteiger partial charge on any atom is 0.118 e. The van der Waals surface area contributed by atoms with Crippen LogP contribution in [0.15, 0.2) is 55.1 Å². The number of methoxy groups -OCH3 is 1. The standard InChI is InChI=1S/C18H21NO/c1-3-15-5-4-6-16(13-15)11-12-19-14-17-7-9-18(20-2)10-8-17/h3-10,13,19H,1,11-12,14H2,2H3. The van der Waals surface area contributed by atoms with Gasteiger partial charge in [0.1, 0.15) is 5.75 Å². The first kappa shape index (κ1) is 14.4. The second kappa shape index (κ2) is 7.51. The molecule has 0 saturated heterocycles. The van der Waals surface area contributed by atoms with E-state index < -0.39 is 0 Å². The van der Waals surface area contributed by atoms with Gasteiger partial charge in [-0.25, -0.2) is 0 Å². The average Bonchev–Trinajstić information content (AvgIpc) is 2.52. The van der Waals surface area contributed by atoms with Crippen LogP contribution in [0, 0.1) is 0 Å². The molecule has 1 N–H and O–H groups in total. The number of ether oxygens (including phenoxy) is 1. The molecule has 2 rings (SSSR count). The maximum absolute atomic E-state index is 5.15. The lowest BCUT2D eigenvalue weighted by molar-refractivity contribution is 0.414. The Hall–Kier alpha value is -2.06. The number of nitrogens with one attached hydrogen (secondary N) is 1. The first-order chi connectivity index (χ1) is 9.81. The predicted molar refractivity (Wildman–Crippen MR) is 84.9 cm³/mol. The maximum atomic E-state index is 5.15. The normalized spacial score (nSPS) is 10.2. The van der Waals surface area contributed by atoms with Crippen LogP contribution in [0.4, 0.5) is 0 Å². The summed E-state index contributed by atoms with van der Waals surface area (Å²) in [6, 6.07) is 16.6. The fraction of sp³-hybridized carbons (Fsp3) is 0.222. The Morgan fingerprint density at radius 1 is 1.10 bits per heavy atom. The zero-order valence-electron chi connectivity index (χ0n) is 11.9. The monoisotopic (exact) mass is 267 g/mol. The minimum absolute atomic E-state index is 0.880. The molecule has 104 valence electrons. The van der Waals surface area contributed by atoms with Crippen molar-refractivity contribution in [1.82, 2.24) is 5.32 Å². The highest BCUT2D eigenvalue weighted by Crippen LogP contribution is 2.11. The molecular formula is C18H21NO. The van der Waals surface area contributed by atoms with Crippen LogP contribution in [0.5, 0.6) is 5.75 Å². The Morgan fingerprint density at radius 2 is 1.90 bits per heavy atom. The third-order valence-corrected chi connectivity index (χ3v) is 3.27. The molecule has 0 aliphatic heterocycles. The van der Waals surface area contributed by atoms with Crippen LogP contribution in [0.3, 0.4) is 0 Å². The molecule has 0 heterocycles. The first-order valence-corrected chi connectivity index (χ1v) is 6.87. The van der Waals surface area contributed by atoms with Crippen LogP contribution in [-0.4, -0.2) is 13.7 Å². The van der Waals surface area contributed by atoms with Crippen molar-refractivity contribution in [2.75, 3.05) is 13.7 Å². The molecule has 0 saturated carbocycles. The number of benzene rings is 2. The third kappa shape index (κ3) is 4.25. The Morgan fingerprint density at radius 3 is 2.60 bits per heavy atom. The summed E-state index contributed by atoms with van der Waals surface area (Å²) in [6.45, 7) is 5.64. The van der Waals surface area contributed by atoms with E-state index >= 15 is 0 Å². The molecule has 0 atom stereocenters. The quantitative estimate of drug-likeness (QED) is 0.773. The molecule has 0 bridgehead atoms. The zero-order chi connectivity index (χ0) is 14.2. The molecule has 0 unspecified atom stereocenters. The smallest absolute Gasteiger partial charge is 0.118 e. The number of hydrogen-bond acceptors (Lipinski definition) is 2. The van der Waals surface area contributed by atoms with Crippen LogP contribution < -0.4 is 10.1 Å². The lowest BCUT2D eigenvalue weighted by atomic mass is 10.1. The molecule has 0 radical (unpaired) electrons. The molecule has 0 aliphatic carbocycles. The predicted octanol–water partition coefficient (Wildman–Crippen LogP) is 3.67. The Labute approximate surface area is 121 Å². The van der Waals surface area contributed by atoms with Gasteiger partial charge >= 0.3 is 0 Å². The highest BCUT2D eigenvalue weighted by Gasteiger charge is 1.96. The molecule has 2 heteroatoms. The van der Waals surface area contributed by atoms with Gasteiger partial charge in [0.25, 0.3) is 0 Å². The molecule has 0 amide bonds. The van der Waals surface area contributed by atoms with Gasteiger partial charge in [-0.1, -0.05) is 49.1 Å². The van der Waals surface area contributed by atoms with Crippen LogP contribution in [0.1, 0.15) is 16.7 Å². The van der Waals surface area contributed by atoms with E-state index in [0.717, 1.165) is 25.3 Å². The van der Waals surface area contributed by atoms with Crippen molar-refractivity contribution in [2.24, 2.45) is 0 Å². The van der Waals surface area contributed by atoms with Gasteiger partial charge in [0.05, 0.1) is 7.11 Å². The van der Waals surface area contributed by atoms with E-state index in [-0.39, 0.29) is 0 Å². The lowest BCUT2D eigenvalue weighted by Gasteiger charge is -2.07. The summed E-state index contributed by atoms with van der Waals surface area (Å²) in [4.78, 5) is 0. The van der Waals surface area contributed by atoms with Gasteiger partial charge in [-0.3, -0.25) is 0 Å². The van der Waals surface area contributed by atoms with E-state index in [0.29, 0.717) is 0 Å². The zero-order valence-corrected chi connectivity index (χ0v) is 11.9. The second-order valence-electron chi connectivity index (χ2n) is 4.72. The van der Waals surface area contributed by atoms with E-state index in [1.165, 1.54) is 16.7 Å². The van der Waals surface area contributed by atoms with Crippen molar-refractivity contribution in [2.45, 2.75) is 13.0 Å². The van der Waals surface area contributed by atoms with Crippen molar-refractivity contribution in [3.63, 3.8) is 0 Å². The van der Waals surface area contributed by atoms with Gasteiger partial charge in [0.15, 0.2) is 0 Å². The molecule has 2 aromatic carbocycles. The fourth-order valence-electron chi connectivity index (χ4n) is 2.08. The summed E-state index contributed by atoms with van der Waals surface area (Å²) in [6.07, 6.45) is 2.91. The van der Waals surface area contributed by atoms with Gasteiger partial charge in [-0.15, -0.1) is 0 Å². The third-order valence-electron chi connectivity index (χ3n) is 3.27. The van der Waals surface area contributed by atoms with Gasteiger partial charge in [0.2, 0.25) is 0 Å². The van der Waals surface area contributed by atoms with Gasteiger partial charge in [-0.2, -0.15) is 0 Å². The molecule has 20 heavy (non-hydrogen) atoms. The Balaban J connectivity index is 1.76. The molecule has 0 spiro atoms. The Bertz CT molecular complexity index is 546. The summed E-state index contributed by atoms with van der Waals surface area (Å²) in [5.41, 5.74) is 3.79. The van der Waals surface area contributed by atoms with E-state index in [9.17, 15) is 0 Å². The highest BCUT2D eigenvalue weighted by atomic mass is 16.5. The van der Waals surface area contributed by atoms with E-state index in [1.54, 1.807) is 7.11 Å². The molecule has 0 aromatic heterocycles. The van der Waals surface area contributed by atoms with Crippen LogP contribution in [0.2, 0.25) is 0 Å². The molecule has 0 aliphatic rings. The van der Waals surface area contributed by atoms with E-state index in [2.05, 4.69) is 48.3 Å². The van der Waals surface area contributed by atoms with Crippen LogP contribution in [-0.2, 0) is 13.0 Å².